The average Bonchev–Trinajstić information content (AvgIpc) is 2.67. The Morgan fingerprint density at radius 1 is 1.04 bits per heavy atom. The number of rotatable bonds is 4. The molecule has 5 heteroatoms. The van der Waals surface area contributed by atoms with E-state index >= 15 is 0 Å². The Morgan fingerprint density at radius 3 is 2.41 bits per heavy atom. The number of likely N-dealkylation sites (tertiary alicyclic amines) is 1. The first-order valence-corrected chi connectivity index (χ1v) is 9.41. The minimum absolute atomic E-state index is 0.0603. The van der Waals surface area contributed by atoms with E-state index in [1.54, 1.807) is 4.90 Å². The summed E-state index contributed by atoms with van der Waals surface area (Å²) < 4.78 is 0. The number of nitrogens with one attached hydrogen (secondary N) is 2. The number of benzene rings is 2. The lowest BCUT2D eigenvalue weighted by Crippen LogP contribution is -2.49. The quantitative estimate of drug-likeness (QED) is 0.862. The van der Waals surface area contributed by atoms with Crippen LogP contribution >= 0.6 is 0 Å². The van der Waals surface area contributed by atoms with Crippen LogP contribution in [0.4, 0.5) is 10.5 Å². The molecule has 3 rings (SSSR count). The lowest BCUT2D eigenvalue weighted by molar-refractivity contribution is -0.132. The van der Waals surface area contributed by atoms with E-state index in [4.69, 9.17) is 0 Å². The van der Waals surface area contributed by atoms with Crippen LogP contribution in [0.1, 0.15) is 30.9 Å². The average molecular weight is 365 g/mol. The Morgan fingerprint density at radius 2 is 1.74 bits per heavy atom. The number of amides is 3. The smallest absolute Gasteiger partial charge is 0.321 e. The van der Waals surface area contributed by atoms with Gasteiger partial charge in [-0.1, -0.05) is 49.4 Å². The van der Waals surface area contributed by atoms with Gasteiger partial charge >= 0.3 is 6.03 Å². The molecule has 0 unspecified atom stereocenters. The third kappa shape index (κ3) is 4.88. The van der Waals surface area contributed by atoms with E-state index in [0.29, 0.717) is 32.5 Å². The van der Waals surface area contributed by atoms with Gasteiger partial charge in [-0.3, -0.25) is 4.79 Å². The number of hydrogen-bond acceptors (Lipinski definition) is 2. The van der Waals surface area contributed by atoms with Crippen LogP contribution in [0.15, 0.2) is 54.6 Å². The number of carbonyl (C=O) groups excluding carboxylic acids is 2. The molecule has 0 radical (unpaired) electrons. The van der Waals surface area contributed by atoms with Crippen molar-refractivity contribution in [3.8, 4) is 0 Å². The van der Waals surface area contributed by atoms with Gasteiger partial charge in [0.1, 0.15) is 0 Å². The molecule has 1 saturated heterocycles. The van der Waals surface area contributed by atoms with Gasteiger partial charge in [0.15, 0.2) is 0 Å². The molecule has 1 aliphatic heterocycles. The summed E-state index contributed by atoms with van der Waals surface area (Å²) in [5.41, 5.74) is 2.56. The van der Waals surface area contributed by atoms with Gasteiger partial charge in [-0.05, 0) is 43.0 Å². The van der Waals surface area contributed by atoms with E-state index in [1.807, 2.05) is 68.4 Å². The molecule has 2 N–H and O–H groups in total. The van der Waals surface area contributed by atoms with Gasteiger partial charge in [0.05, 0.1) is 0 Å². The molecule has 1 aliphatic rings. The molecule has 2 aromatic carbocycles. The Kier molecular flexibility index (Phi) is 5.79. The van der Waals surface area contributed by atoms with E-state index < -0.39 is 5.41 Å². The monoisotopic (exact) mass is 365 g/mol. The van der Waals surface area contributed by atoms with Crippen molar-refractivity contribution >= 4 is 17.6 Å². The zero-order valence-electron chi connectivity index (χ0n) is 16.0. The van der Waals surface area contributed by atoms with Gasteiger partial charge in [-0.2, -0.15) is 0 Å². The molecule has 0 aromatic heterocycles. The normalized spacial score (nSPS) is 15.9. The molecule has 142 valence electrons. The Balaban J connectivity index is 1.50. The summed E-state index contributed by atoms with van der Waals surface area (Å²) in [5.74, 6) is 0.0603. The number of piperidine rings is 1. The number of hydrogen-bond donors (Lipinski definition) is 2. The molecule has 2 aromatic rings. The Bertz CT molecular complexity index is 796. The highest BCUT2D eigenvalue weighted by Gasteiger charge is 2.37. The zero-order chi connectivity index (χ0) is 19.3. The summed E-state index contributed by atoms with van der Waals surface area (Å²) in [6.45, 7) is 5.67. The van der Waals surface area contributed by atoms with Crippen molar-refractivity contribution in [2.24, 2.45) is 5.41 Å². The summed E-state index contributed by atoms with van der Waals surface area (Å²) in [6, 6.07) is 17.5. The van der Waals surface area contributed by atoms with E-state index in [9.17, 15) is 9.59 Å². The molecular weight excluding hydrogens is 338 g/mol. The molecule has 0 aliphatic carbocycles. The summed E-state index contributed by atoms with van der Waals surface area (Å²) >= 11 is 0. The predicted octanol–water partition coefficient (Wildman–Crippen LogP) is 3.95. The topological polar surface area (TPSA) is 61.4 Å². The first-order chi connectivity index (χ1) is 13.0. The number of nitrogens with zero attached hydrogens (tertiary/aromatic N) is 1. The van der Waals surface area contributed by atoms with Crippen LogP contribution in [0.3, 0.4) is 0 Å². The summed E-state index contributed by atoms with van der Waals surface area (Å²) in [7, 11) is 0. The van der Waals surface area contributed by atoms with Crippen LogP contribution in [0.25, 0.3) is 0 Å². The number of anilines is 1. The maximum atomic E-state index is 12.7. The largest absolute Gasteiger partial charge is 0.352 e. The molecular formula is C22H27N3O2. The third-order valence-corrected chi connectivity index (χ3v) is 5.27. The second-order valence-corrected chi connectivity index (χ2v) is 7.52. The third-order valence-electron chi connectivity index (χ3n) is 5.27. The van der Waals surface area contributed by atoms with Crippen molar-refractivity contribution in [3.63, 3.8) is 0 Å². The van der Waals surface area contributed by atoms with Gasteiger partial charge in [-0.15, -0.1) is 0 Å². The number of aryl methyl sites for hydroxylation is 1. The van der Waals surface area contributed by atoms with E-state index in [2.05, 4.69) is 10.6 Å². The molecule has 0 saturated carbocycles. The van der Waals surface area contributed by atoms with Crippen molar-refractivity contribution in [2.75, 3.05) is 18.4 Å². The molecule has 0 atom stereocenters. The molecule has 5 nitrogen and oxygen atoms in total. The van der Waals surface area contributed by atoms with Crippen molar-refractivity contribution in [1.29, 1.82) is 0 Å². The van der Waals surface area contributed by atoms with Crippen molar-refractivity contribution in [3.05, 3.63) is 65.7 Å². The lowest BCUT2D eigenvalue weighted by atomic mass is 9.79. The van der Waals surface area contributed by atoms with Crippen LogP contribution in [0.2, 0.25) is 0 Å². The summed E-state index contributed by atoms with van der Waals surface area (Å²) in [5, 5.41) is 5.98. The van der Waals surface area contributed by atoms with Gasteiger partial charge < -0.3 is 15.5 Å². The fourth-order valence-electron chi connectivity index (χ4n) is 3.35. The van der Waals surface area contributed by atoms with Crippen LogP contribution < -0.4 is 10.6 Å². The van der Waals surface area contributed by atoms with Crippen LogP contribution in [0, 0.1) is 12.3 Å². The summed E-state index contributed by atoms with van der Waals surface area (Å²) in [4.78, 5) is 26.9. The maximum Gasteiger partial charge on any atom is 0.321 e. The first-order valence-electron chi connectivity index (χ1n) is 9.41. The fraction of sp³-hybridized carbons (Fsp3) is 0.364. The first kappa shape index (κ1) is 19.0. The highest BCUT2D eigenvalue weighted by atomic mass is 16.2. The van der Waals surface area contributed by atoms with E-state index in [1.165, 1.54) is 0 Å². The van der Waals surface area contributed by atoms with E-state index in [0.717, 1.165) is 16.8 Å². The standard InChI is InChI=1S/C22H27N3O2/c1-17-7-6-10-19(15-17)24-21(27)25-13-11-22(2,12-14-25)20(26)23-16-18-8-4-3-5-9-18/h3-10,15H,11-14,16H2,1-2H3,(H,23,26)(H,24,27). The molecule has 0 spiro atoms. The minimum atomic E-state index is -0.436. The van der Waals surface area contributed by atoms with Crippen molar-refractivity contribution in [1.82, 2.24) is 10.2 Å². The SMILES string of the molecule is Cc1cccc(NC(=O)N2CCC(C)(C(=O)NCc3ccccc3)CC2)c1. The lowest BCUT2D eigenvalue weighted by Gasteiger charge is -2.38. The predicted molar refractivity (Wildman–Crippen MR) is 107 cm³/mol. The van der Waals surface area contributed by atoms with Gasteiger partial charge in [0.2, 0.25) is 5.91 Å². The maximum absolute atomic E-state index is 12.7. The highest BCUT2D eigenvalue weighted by Crippen LogP contribution is 2.31. The molecule has 0 bridgehead atoms. The zero-order valence-corrected chi connectivity index (χ0v) is 16.0. The van der Waals surface area contributed by atoms with Crippen LogP contribution in [-0.4, -0.2) is 29.9 Å². The van der Waals surface area contributed by atoms with Crippen LogP contribution in [-0.2, 0) is 11.3 Å². The minimum Gasteiger partial charge on any atom is -0.352 e. The van der Waals surface area contributed by atoms with Crippen LogP contribution in [0.5, 0.6) is 0 Å². The summed E-state index contributed by atoms with van der Waals surface area (Å²) in [6.07, 6.45) is 1.32. The van der Waals surface area contributed by atoms with Gasteiger partial charge in [0, 0.05) is 30.7 Å². The van der Waals surface area contributed by atoms with Crippen molar-refractivity contribution in [2.45, 2.75) is 33.2 Å². The second-order valence-electron chi connectivity index (χ2n) is 7.52. The molecule has 1 heterocycles. The Hall–Kier alpha value is -2.82. The highest BCUT2D eigenvalue weighted by molar-refractivity contribution is 5.90. The number of urea groups is 1. The fourth-order valence-corrected chi connectivity index (χ4v) is 3.35. The molecule has 3 amide bonds. The molecule has 1 fully saturated rings. The van der Waals surface area contributed by atoms with Gasteiger partial charge in [0.25, 0.3) is 0 Å². The molecule has 27 heavy (non-hydrogen) atoms. The Labute approximate surface area is 160 Å². The number of carbonyl (C=O) groups is 2. The van der Waals surface area contributed by atoms with Crippen molar-refractivity contribution < 1.29 is 9.59 Å². The van der Waals surface area contributed by atoms with E-state index in [-0.39, 0.29) is 11.9 Å². The van der Waals surface area contributed by atoms with Gasteiger partial charge in [-0.25, -0.2) is 4.79 Å². The second kappa shape index (κ2) is 8.25.